The van der Waals surface area contributed by atoms with E-state index in [4.69, 9.17) is 5.73 Å². The summed E-state index contributed by atoms with van der Waals surface area (Å²) in [4.78, 5) is 39.9. The first-order valence-electron chi connectivity index (χ1n) is 10.1. The van der Waals surface area contributed by atoms with E-state index in [1.807, 2.05) is 0 Å². The number of aromatic hydroxyl groups is 1. The number of rotatable bonds is 3. The second-order valence-corrected chi connectivity index (χ2v) is 8.72. The van der Waals surface area contributed by atoms with Crippen LogP contribution in [-0.2, 0) is 22.6 Å². The average Bonchev–Trinajstić information content (AvgIpc) is 2.70. The molecule has 1 aromatic rings. The number of amides is 1. The first-order valence-corrected chi connectivity index (χ1v) is 10.1. The minimum Gasteiger partial charge on any atom is -0.510 e. The van der Waals surface area contributed by atoms with Gasteiger partial charge in [0.15, 0.2) is 11.4 Å². The molecule has 10 nitrogen and oxygen atoms in total. The summed E-state index contributed by atoms with van der Waals surface area (Å²) in [5.41, 5.74) is 2.30. The van der Waals surface area contributed by atoms with Crippen LogP contribution < -0.4 is 5.73 Å². The van der Waals surface area contributed by atoms with Gasteiger partial charge in [0, 0.05) is 11.5 Å². The van der Waals surface area contributed by atoms with Gasteiger partial charge in [0.05, 0.1) is 18.2 Å². The molecule has 0 spiro atoms. The van der Waals surface area contributed by atoms with Crippen molar-refractivity contribution in [3.05, 3.63) is 51.5 Å². The summed E-state index contributed by atoms with van der Waals surface area (Å²) >= 11 is 0. The molecule has 4 rings (SSSR count). The van der Waals surface area contributed by atoms with E-state index in [1.165, 1.54) is 17.0 Å². The van der Waals surface area contributed by atoms with Crippen LogP contribution in [0.15, 0.2) is 34.8 Å². The Morgan fingerprint density at radius 2 is 1.88 bits per heavy atom. The molecular formula is C22H24N2O8. The zero-order valence-electron chi connectivity index (χ0n) is 17.5. The van der Waals surface area contributed by atoms with Crippen molar-refractivity contribution in [2.45, 2.75) is 31.1 Å². The zero-order chi connectivity index (χ0) is 23.7. The summed E-state index contributed by atoms with van der Waals surface area (Å²) in [6.45, 7) is -0.370. The molecule has 0 radical (unpaired) electrons. The van der Waals surface area contributed by atoms with Crippen LogP contribution in [0.3, 0.4) is 0 Å². The Labute approximate surface area is 182 Å². The van der Waals surface area contributed by atoms with Gasteiger partial charge in [-0.25, -0.2) is 0 Å². The molecule has 10 heteroatoms. The minimum absolute atomic E-state index is 0.00624. The van der Waals surface area contributed by atoms with Crippen molar-refractivity contribution in [3.63, 3.8) is 0 Å². The first-order chi connectivity index (χ1) is 15.0. The summed E-state index contributed by atoms with van der Waals surface area (Å²) < 4.78 is 0. The van der Waals surface area contributed by atoms with E-state index in [9.17, 15) is 39.9 Å². The van der Waals surface area contributed by atoms with Crippen LogP contribution in [0.25, 0.3) is 0 Å². The highest BCUT2D eigenvalue weighted by atomic mass is 16.3. The molecule has 4 atom stereocenters. The molecule has 0 saturated carbocycles. The van der Waals surface area contributed by atoms with Gasteiger partial charge in [-0.2, -0.15) is 0 Å². The monoisotopic (exact) mass is 444 g/mol. The number of benzene rings is 1. The Morgan fingerprint density at radius 1 is 1.22 bits per heavy atom. The Morgan fingerprint density at radius 3 is 2.44 bits per heavy atom. The number of phenols is 1. The molecule has 0 aromatic heterocycles. The number of nitrogens with two attached hydrogens (primary N) is 1. The van der Waals surface area contributed by atoms with Crippen molar-refractivity contribution < 1.29 is 39.9 Å². The molecule has 0 unspecified atom stereocenters. The third-order valence-corrected chi connectivity index (χ3v) is 6.87. The number of carbonyl (C=O) groups excluding carboxylic acids is 3. The molecule has 0 heterocycles. The van der Waals surface area contributed by atoms with Crippen LogP contribution in [0.4, 0.5) is 0 Å². The number of primary amides is 1. The largest absolute Gasteiger partial charge is 0.510 e. The summed E-state index contributed by atoms with van der Waals surface area (Å²) in [6.07, 6.45) is 0.158. The molecule has 3 aliphatic rings. The molecule has 0 bridgehead atoms. The zero-order valence-corrected chi connectivity index (χ0v) is 17.5. The molecule has 3 aliphatic carbocycles. The maximum atomic E-state index is 13.3. The van der Waals surface area contributed by atoms with E-state index in [0.29, 0.717) is 11.1 Å². The van der Waals surface area contributed by atoms with Gasteiger partial charge in [0.25, 0.3) is 5.91 Å². The molecule has 1 aromatic carbocycles. The lowest BCUT2D eigenvalue weighted by molar-refractivity contribution is -0.148. The van der Waals surface area contributed by atoms with Crippen LogP contribution in [0.1, 0.15) is 27.9 Å². The number of aliphatic hydroxyl groups excluding tert-OH is 3. The third kappa shape index (κ3) is 2.66. The van der Waals surface area contributed by atoms with Gasteiger partial charge in [-0.05, 0) is 50.0 Å². The fraction of sp³-hybridized carbons (Fsp3) is 0.409. The molecule has 0 saturated heterocycles. The predicted molar refractivity (Wildman–Crippen MR) is 110 cm³/mol. The van der Waals surface area contributed by atoms with E-state index in [0.717, 1.165) is 0 Å². The number of likely N-dealkylation sites (N-methyl/N-ethyl adjacent to an activating group) is 1. The lowest BCUT2D eigenvalue weighted by atomic mass is 9.58. The smallest absolute Gasteiger partial charge is 0.255 e. The van der Waals surface area contributed by atoms with Crippen molar-refractivity contribution in [3.8, 4) is 5.75 Å². The topological polar surface area (TPSA) is 182 Å². The number of allylic oxidation sites excluding steroid dienone is 1. The molecule has 1 amide bonds. The lowest BCUT2D eigenvalue weighted by Gasteiger charge is -2.50. The van der Waals surface area contributed by atoms with Crippen molar-refractivity contribution >= 4 is 17.5 Å². The lowest BCUT2D eigenvalue weighted by Crippen LogP contribution is -2.63. The van der Waals surface area contributed by atoms with Crippen molar-refractivity contribution in [1.82, 2.24) is 4.90 Å². The van der Waals surface area contributed by atoms with Gasteiger partial charge in [-0.3, -0.25) is 19.3 Å². The van der Waals surface area contributed by atoms with Crippen molar-refractivity contribution in [2.24, 2.45) is 17.6 Å². The number of Topliss-reactive ketones (excluding diaryl/α,β-unsaturated/α-hetero) is 2. The first kappa shape index (κ1) is 22.0. The van der Waals surface area contributed by atoms with Gasteiger partial charge >= 0.3 is 0 Å². The SMILES string of the molecule is CN(C)[C@H]1C(O)=C(C(N)=O)C(=O)[C@]2(O)C(O)=C3C(=O)c4c(O)ccc(CO)c4C[C@@H]3C[C@H]12. The van der Waals surface area contributed by atoms with Crippen LogP contribution in [0, 0.1) is 11.8 Å². The predicted octanol–water partition coefficient (Wildman–Crippen LogP) is -0.387. The quantitative estimate of drug-likeness (QED) is 0.338. The normalized spacial score (nSPS) is 29.7. The Bertz CT molecular complexity index is 1130. The average molecular weight is 444 g/mol. The van der Waals surface area contributed by atoms with E-state index in [2.05, 4.69) is 0 Å². The summed E-state index contributed by atoms with van der Waals surface area (Å²) in [6, 6.07) is 1.71. The van der Waals surface area contributed by atoms with E-state index >= 15 is 0 Å². The van der Waals surface area contributed by atoms with Gasteiger partial charge in [0.2, 0.25) is 5.78 Å². The molecule has 0 fully saturated rings. The van der Waals surface area contributed by atoms with Gasteiger partial charge in [0.1, 0.15) is 22.8 Å². The fourth-order valence-electron chi connectivity index (χ4n) is 5.46. The van der Waals surface area contributed by atoms with Gasteiger partial charge in [-0.1, -0.05) is 6.07 Å². The highest BCUT2D eigenvalue weighted by Crippen LogP contribution is 2.52. The summed E-state index contributed by atoms with van der Waals surface area (Å²) in [5, 5.41) is 53.2. The van der Waals surface area contributed by atoms with Crippen LogP contribution in [0.5, 0.6) is 5.75 Å². The molecule has 170 valence electrons. The number of fused-ring (bicyclic) bond motifs is 3. The van der Waals surface area contributed by atoms with Crippen molar-refractivity contribution in [2.75, 3.05) is 14.1 Å². The van der Waals surface area contributed by atoms with Gasteiger partial charge < -0.3 is 31.3 Å². The number of nitrogens with zero attached hydrogens (tertiary/aromatic N) is 1. The molecular weight excluding hydrogens is 420 g/mol. The van der Waals surface area contributed by atoms with E-state index < -0.39 is 58.0 Å². The summed E-state index contributed by atoms with van der Waals surface area (Å²) in [7, 11) is 3.13. The highest BCUT2D eigenvalue weighted by molar-refractivity contribution is 6.24. The Balaban J connectivity index is 1.98. The number of carbonyl (C=O) groups is 3. The Kier molecular flexibility index (Phi) is 4.92. The maximum Gasteiger partial charge on any atom is 0.255 e. The van der Waals surface area contributed by atoms with Crippen LogP contribution in [-0.4, -0.2) is 73.6 Å². The Hall–Kier alpha value is -3.21. The number of phenolic OH excluding ortho intramolecular Hbond substituents is 1. The number of hydrogen-bond donors (Lipinski definition) is 6. The second kappa shape index (κ2) is 7.16. The number of hydrogen-bond acceptors (Lipinski definition) is 9. The number of aliphatic hydroxyl groups is 4. The van der Waals surface area contributed by atoms with E-state index in [-0.39, 0.29) is 36.3 Å². The van der Waals surface area contributed by atoms with E-state index in [1.54, 1.807) is 14.1 Å². The van der Waals surface area contributed by atoms with Crippen LogP contribution in [0.2, 0.25) is 0 Å². The molecule has 0 aliphatic heterocycles. The van der Waals surface area contributed by atoms with Crippen LogP contribution >= 0.6 is 0 Å². The van der Waals surface area contributed by atoms with Crippen molar-refractivity contribution in [1.29, 1.82) is 0 Å². The maximum absolute atomic E-state index is 13.3. The molecule has 32 heavy (non-hydrogen) atoms. The fourth-order valence-corrected chi connectivity index (χ4v) is 5.46. The van der Waals surface area contributed by atoms with Gasteiger partial charge in [-0.15, -0.1) is 0 Å². The summed E-state index contributed by atoms with van der Waals surface area (Å²) in [5.74, 6) is -6.94. The standard InChI is InChI=1S/C22H24N2O8/c1-24(2)16-11-6-9-5-10-8(7-25)3-4-12(26)14(10)17(27)13(9)19(29)22(11,32)20(30)15(18(16)28)21(23)31/h3-4,9,11,16,25-26,28-29,32H,5-7H2,1-2H3,(H2,23,31)/t9-,11-,16-,22-/m1/s1. The highest BCUT2D eigenvalue weighted by Gasteiger charge is 2.63. The number of ketones is 2. The minimum atomic E-state index is -2.66. The third-order valence-electron chi connectivity index (χ3n) is 6.87. The molecule has 7 N–H and O–H groups in total. The second-order valence-electron chi connectivity index (χ2n) is 8.72.